The number of likely N-dealkylation sites (tertiary alicyclic amines) is 1. The summed E-state index contributed by atoms with van der Waals surface area (Å²) in [5.41, 5.74) is 2.10. The van der Waals surface area contributed by atoms with Gasteiger partial charge >= 0.3 is 5.97 Å². The second-order valence-corrected chi connectivity index (χ2v) is 7.39. The quantitative estimate of drug-likeness (QED) is 0.708. The third kappa shape index (κ3) is 5.80. The zero-order valence-electron chi connectivity index (χ0n) is 15.4. The lowest BCUT2D eigenvalue weighted by Crippen LogP contribution is -2.38. The van der Waals surface area contributed by atoms with Crippen molar-refractivity contribution in [3.8, 4) is 0 Å². The Kier molecular flexibility index (Phi) is 7.27. The third-order valence-corrected chi connectivity index (χ3v) is 5.36. The first-order valence-corrected chi connectivity index (χ1v) is 9.90. The van der Waals surface area contributed by atoms with Gasteiger partial charge in [0.1, 0.15) is 6.10 Å². The molecule has 1 aliphatic heterocycles. The molecule has 2 aromatic carbocycles. The molecule has 3 rings (SSSR count). The average molecular weight is 388 g/mol. The van der Waals surface area contributed by atoms with E-state index < -0.39 is 5.97 Å². The second-order valence-electron chi connectivity index (χ2n) is 6.99. The van der Waals surface area contributed by atoms with E-state index in [9.17, 15) is 4.79 Å². The fraction of sp³-hybridized carbons (Fsp3) is 0.409. The molecule has 1 saturated heterocycles. The minimum Gasteiger partial charge on any atom is -0.481 e. The molecule has 0 aliphatic carbocycles. The van der Waals surface area contributed by atoms with Gasteiger partial charge < -0.3 is 14.7 Å². The number of hydrogen-bond donors (Lipinski definition) is 1. The molecular formula is C22H26ClNO3. The van der Waals surface area contributed by atoms with Crippen LogP contribution in [-0.2, 0) is 9.53 Å². The number of rotatable bonds is 8. The van der Waals surface area contributed by atoms with Crippen molar-refractivity contribution in [2.75, 3.05) is 19.6 Å². The summed E-state index contributed by atoms with van der Waals surface area (Å²) in [6, 6.07) is 18.1. The number of nitrogens with zero attached hydrogens (tertiary/aromatic N) is 1. The smallest absolute Gasteiger partial charge is 0.303 e. The Balaban J connectivity index is 1.63. The summed E-state index contributed by atoms with van der Waals surface area (Å²) >= 11 is 6.46. The molecule has 27 heavy (non-hydrogen) atoms. The monoisotopic (exact) mass is 387 g/mol. The van der Waals surface area contributed by atoms with Crippen molar-refractivity contribution in [1.82, 2.24) is 4.90 Å². The number of halogens is 1. The van der Waals surface area contributed by atoms with Gasteiger partial charge in [0.25, 0.3) is 0 Å². The van der Waals surface area contributed by atoms with Gasteiger partial charge in [0, 0.05) is 30.1 Å². The van der Waals surface area contributed by atoms with Crippen LogP contribution in [0.25, 0.3) is 0 Å². The van der Waals surface area contributed by atoms with E-state index in [0.717, 1.165) is 48.6 Å². The van der Waals surface area contributed by atoms with Crippen molar-refractivity contribution < 1.29 is 14.6 Å². The molecule has 0 saturated carbocycles. The Labute approximate surface area is 165 Å². The topological polar surface area (TPSA) is 49.8 Å². The molecule has 0 amide bonds. The van der Waals surface area contributed by atoms with Gasteiger partial charge in [-0.1, -0.05) is 60.1 Å². The van der Waals surface area contributed by atoms with Crippen molar-refractivity contribution in [3.63, 3.8) is 0 Å². The van der Waals surface area contributed by atoms with Crippen molar-refractivity contribution in [1.29, 1.82) is 0 Å². The molecule has 144 valence electrons. The van der Waals surface area contributed by atoms with Crippen LogP contribution in [0.2, 0.25) is 5.02 Å². The fourth-order valence-electron chi connectivity index (χ4n) is 3.56. The largest absolute Gasteiger partial charge is 0.481 e. The Morgan fingerprint density at radius 1 is 1.11 bits per heavy atom. The summed E-state index contributed by atoms with van der Waals surface area (Å²) < 4.78 is 6.53. The molecule has 1 aliphatic rings. The molecule has 5 heteroatoms. The summed E-state index contributed by atoms with van der Waals surface area (Å²) in [5, 5.41) is 9.49. The molecule has 1 fully saturated rings. The highest BCUT2D eigenvalue weighted by Crippen LogP contribution is 2.33. The van der Waals surface area contributed by atoms with Crippen LogP contribution in [0.3, 0.4) is 0 Å². The third-order valence-electron chi connectivity index (χ3n) is 5.02. The molecule has 0 bridgehead atoms. The lowest BCUT2D eigenvalue weighted by atomic mass is 10.00. The molecule has 0 radical (unpaired) electrons. The van der Waals surface area contributed by atoms with Gasteiger partial charge in [0.2, 0.25) is 0 Å². The van der Waals surface area contributed by atoms with Crippen LogP contribution in [0.4, 0.5) is 0 Å². The molecule has 1 unspecified atom stereocenters. The first-order chi connectivity index (χ1) is 13.1. The number of benzene rings is 2. The number of ether oxygens (including phenoxy) is 1. The molecule has 0 spiro atoms. The molecule has 1 heterocycles. The Morgan fingerprint density at radius 2 is 1.78 bits per heavy atom. The normalized spacial score (nSPS) is 16.9. The number of carbonyl (C=O) groups is 1. The maximum absolute atomic E-state index is 10.7. The molecule has 1 N–H and O–H groups in total. The van der Waals surface area contributed by atoms with Crippen molar-refractivity contribution >= 4 is 17.6 Å². The standard InChI is InChI=1S/C22H26ClNO3/c23-20-10-5-4-9-19(20)22(17-7-2-1-3-8-17)27-18-12-15-24(16-13-18)14-6-11-21(25)26/h1-5,7-10,18,22H,6,11-16H2,(H,25,26). The van der Waals surface area contributed by atoms with Gasteiger partial charge in [-0.3, -0.25) is 4.79 Å². The van der Waals surface area contributed by atoms with E-state index in [-0.39, 0.29) is 18.6 Å². The maximum Gasteiger partial charge on any atom is 0.303 e. The van der Waals surface area contributed by atoms with E-state index in [1.165, 1.54) is 0 Å². The zero-order chi connectivity index (χ0) is 19.1. The molecule has 1 atom stereocenters. The zero-order valence-corrected chi connectivity index (χ0v) is 16.1. The van der Waals surface area contributed by atoms with E-state index in [2.05, 4.69) is 17.0 Å². The molecular weight excluding hydrogens is 362 g/mol. The molecule has 2 aromatic rings. The number of carboxylic acid groups (broad SMARTS) is 1. The van der Waals surface area contributed by atoms with Crippen molar-refractivity contribution in [3.05, 3.63) is 70.7 Å². The van der Waals surface area contributed by atoms with Gasteiger partial charge in [0.05, 0.1) is 6.10 Å². The van der Waals surface area contributed by atoms with Crippen molar-refractivity contribution in [2.24, 2.45) is 0 Å². The van der Waals surface area contributed by atoms with Crippen LogP contribution in [-0.4, -0.2) is 41.7 Å². The summed E-state index contributed by atoms with van der Waals surface area (Å²) in [7, 11) is 0. The van der Waals surface area contributed by atoms with Crippen LogP contribution in [0.1, 0.15) is 42.9 Å². The van der Waals surface area contributed by atoms with Crippen LogP contribution in [0.5, 0.6) is 0 Å². The predicted octanol–water partition coefficient (Wildman–Crippen LogP) is 4.78. The van der Waals surface area contributed by atoms with Gasteiger partial charge in [0.15, 0.2) is 0 Å². The highest BCUT2D eigenvalue weighted by molar-refractivity contribution is 6.31. The van der Waals surface area contributed by atoms with Gasteiger partial charge in [-0.15, -0.1) is 0 Å². The summed E-state index contributed by atoms with van der Waals surface area (Å²) in [6.07, 6.45) is 2.82. The Hall–Kier alpha value is -1.88. The number of carboxylic acids is 1. The number of piperidine rings is 1. The molecule has 4 nitrogen and oxygen atoms in total. The van der Waals surface area contributed by atoms with E-state index in [0.29, 0.717) is 6.42 Å². The Morgan fingerprint density at radius 3 is 2.44 bits per heavy atom. The Bertz CT molecular complexity index is 729. The van der Waals surface area contributed by atoms with Crippen LogP contribution < -0.4 is 0 Å². The minimum absolute atomic E-state index is 0.169. The lowest BCUT2D eigenvalue weighted by Gasteiger charge is -2.34. The minimum atomic E-state index is -0.723. The average Bonchev–Trinajstić information content (AvgIpc) is 2.68. The summed E-state index contributed by atoms with van der Waals surface area (Å²) in [6.45, 7) is 2.72. The van der Waals surface area contributed by atoms with E-state index in [1.807, 2.05) is 42.5 Å². The van der Waals surface area contributed by atoms with Crippen molar-refractivity contribution in [2.45, 2.75) is 37.9 Å². The SMILES string of the molecule is O=C(O)CCCN1CCC(OC(c2ccccc2)c2ccccc2Cl)CC1. The summed E-state index contributed by atoms with van der Waals surface area (Å²) in [4.78, 5) is 13.0. The van der Waals surface area contributed by atoms with E-state index >= 15 is 0 Å². The first-order valence-electron chi connectivity index (χ1n) is 9.52. The van der Waals surface area contributed by atoms with E-state index in [4.69, 9.17) is 21.4 Å². The first kappa shape index (κ1) is 19.9. The van der Waals surface area contributed by atoms with Gasteiger partial charge in [-0.25, -0.2) is 0 Å². The highest BCUT2D eigenvalue weighted by Gasteiger charge is 2.25. The van der Waals surface area contributed by atoms with Crippen LogP contribution in [0.15, 0.2) is 54.6 Å². The van der Waals surface area contributed by atoms with Crippen LogP contribution >= 0.6 is 11.6 Å². The highest BCUT2D eigenvalue weighted by atomic mass is 35.5. The maximum atomic E-state index is 10.7. The number of hydrogen-bond acceptors (Lipinski definition) is 3. The number of aliphatic carboxylic acids is 1. The van der Waals surface area contributed by atoms with Crippen LogP contribution in [0, 0.1) is 0 Å². The summed E-state index contributed by atoms with van der Waals surface area (Å²) in [5.74, 6) is -0.723. The molecule has 0 aromatic heterocycles. The second kappa shape index (κ2) is 9.88. The van der Waals surface area contributed by atoms with Gasteiger partial charge in [-0.2, -0.15) is 0 Å². The van der Waals surface area contributed by atoms with Gasteiger partial charge in [-0.05, 0) is 37.4 Å². The lowest BCUT2D eigenvalue weighted by molar-refractivity contribution is -0.137. The van der Waals surface area contributed by atoms with E-state index in [1.54, 1.807) is 0 Å². The fourth-order valence-corrected chi connectivity index (χ4v) is 3.80. The predicted molar refractivity (Wildman–Crippen MR) is 107 cm³/mol.